The maximum atomic E-state index is 11.7. The second-order valence-electron chi connectivity index (χ2n) is 3.47. The van der Waals surface area contributed by atoms with Gasteiger partial charge >= 0.3 is 0 Å². The standard InChI is InChI=1S/C11H12ClNO2S/c1-15-10-9(13(16-2)11(10)14)7-5-3-4-6-8(7)12/h3-6,9-10H,1-2H3. The van der Waals surface area contributed by atoms with Crippen molar-refractivity contribution in [2.75, 3.05) is 13.4 Å². The Balaban J connectivity index is 2.32. The summed E-state index contributed by atoms with van der Waals surface area (Å²) in [5, 5.41) is 0.668. The van der Waals surface area contributed by atoms with Gasteiger partial charge in [0.2, 0.25) is 0 Å². The lowest BCUT2D eigenvalue weighted by molar-refractivity contribution is -0.158. The van der Waals surface area contributed by atoms with Crippen LogP contribution < -0.4 is 0 Å². The molecule has 0 N–H and O–H groups in total. The molecule has 1 saturated heterocycles. The van der Waals surface area contributed by atoms with Crippen LogP contribution in [0.1, 0.15) is 11.6 Å². The van der Waals surface area contributed by atoms with Gasteiger partial charge in [-0.3, -0.25) is 9.10 Å². The molecule has 0 saturated carbocycles. The lowest BCUT2D eigenvalue weighted by atomic mass is 9.94. The van der Waals surface area contributed by atoms with E-state index in [1.54, 1.807) is 11.4 Å². The summed E-state index contributed by atoms with van der Waals surface area (Å²) < 4.78 is 6.88. The predicted molar refractivity (Wildman–Crippen MR) is 65.4 cm³/mol. The molecule has 1 aliphatic rings. The molecule has 16 heavy (non-hydrogen) atoms. The summed E-state index contributed by atoms with van der Waals surface area (Å²) in [5.41, 5.74) is 0.935. The van der Waals surface area contributed by atoms with Gasteiger partial charge in [0.25, 0.3) is 5.91 Å². The fourth-order valence-corrected chi connectivity index (χ4v) is 2.86. The molecule has 3 nitrogen and oxygen atoms in total. The van der Waals surface area contributed by atoms with Crippen LogP contribution in [0.3, 0.4) is 0 Å². The van der Waals surface area contributed by atoms with Crippen molar-refractivity contribution in [2.24, 2.45) is 0 Å². The summed E-state index contributed by atoms with van der Waals surface area (Å²) in [6.45, 7) is 0. The van der Waals surface area contributed by atoms with E-state index in [0.29, 0.717) is 5.02 Å². The van der Waals surface area contributed by atoms with Gasteiger partial charge in [-0.25, -0.2) is 0 Å². The van der Waals surface area contributed by atoms with Gasteiger partial charge in [-0.1, -0.05) is 41.7 Å². The second kappa shape index (κ2) is 4.65. The Hall–Kier alpha value is -0.710. The highest BCUT2D eigenvalue weighted by Gasteiger charge is 2.49. The van der Waals surface area contributed by atoms with E-state index in [2.05, 4.69) is 0 Å². The molecule has 0 aliphatic carbocycles. The minimum Gasteiger partial charge on any atom is -0.369 e. The Morgan fingerprint density at radius 2 is 2.12 bits per heavy atom. The number of nitrogens with zero attached hydrogens (tertiary/aromatic N) is 1. The summed E-state index contributed by atoms with van der Waals surface area (Å²) >= 11 is 7.52. The van der Waals surface area contributed by atoms with E-state index in [1.165, 1.54) is 11.9 Å². The van der Waals surface area contributed by atoms with Crippen LogP contribution in [-0.4, -0.2) is 29.7 Å². The highest BCUT2D eigenvalue weighted by atomic mass is 35.5. The van der Waals surface area contributed by atoms with Gasteiger partial charge in [0, 0.05) is 18.4 Å². The van der Waals surface area contributed by atoms with E-state index >= 15 is 0 Å². The fourth-order valence-electron chi connectivity index (χ4n) is 1.88. The van der Waals surface area contributed by atoms with E-state index < -0.39 is 6.10 Å². The van der Waals surface area contributed by atoms with Crippen molar-refractivity contribution < 1.29 is 9.53 Å². The molecule has 2 rings (SSSR count). The number of methoxy groups -OCH3 is 1. The molecule has 0 radical (unpaired) electrons. The Morgan fingerprint density at radius 1 is 1.44 bits per heavy atom. The summed E-state index contributed by atoms with van der Waals surface area (Å²) in [4.78, 5) is 11.7. The lowest BCUT2D eigenvalue weighted by Crippen LogP contribution is -2.56. The number of carbonyl (C=O) groups is 1. The van der Waals surface area contributed by atoms with Crippen LogP contribution in [0, 0.1) is 0 Å². The van der Waals surface area contributed by atoms with Gasteiger partial charge in [0.05, 0.1) is 0 Å². The molecule has 1 aliphatic heterocycles. The van der Waals surface area contributed by atoms with Crippen molar-refractivity contribution in [3.05, 3.63) is 34.9 Å². The SMILES string of the molecule is COC1C(=O)N(SC)C1c1ccccc1Cl. The van der Waals surface area contributed by atoms with Crippen molar-refractivity contribution in [2.45, 2.75) is 12.1 Å². The van der Waals surface area contributed by atoms with Crippen molar-refractivity contribution in [3.8, 4) is 0 Å². The number of rotatable bonds is 3. The van der Waals surface area contributed by atoms with Crippen LogP contribution in [0.5, 0.6) is 0 Å². The van der Waals surface area contributed by atoms with Gasteiger partial charge < -0.3 is 4.74 Å². The zero-order valence-electron chi connectivity index (χ0n) is 9.01. The molecular formula is C11H12ClNO2S. The van der Waals surface area contributed by atoms with E-state index in [9.17, 15) is 4.79 Å². The lowest BCUT2D eigenvalue weighted by Gasteiger charge is -2.44. The molecule has 5 heteroatoms. The number of hydrogen-bond donors (Lipinski definition) is 0. The number of hydrogen-bond acceptors (Lipinski definition) is 3. The Kier molecular flexibility index (Phi) is 3.42. The van der Waals surface area contributed by atoms with E-state index in [-0.39, 0.29) is 11.9 Å². The topological polar surface area (TPSA) is 29.5 Å². The number of halogens is 1. The van der Waals surface area contributed by atoms with Gasteiger partial charge in [0.15, 0.2) is 6.10 Å². The first-order valence-electron chi connectivity index (χ1n) is 4.85. The quantitative estimate of drug-likeness (QED) is 0.616. The van der Waals surface area contributed by atoms with Crippen LogP contribution in [0.15, 0.2) is 24.3 Å². The third-order valence-corrected chi connectivity index (χ3v) is 3.82. The average Bonchev–Trinajstić information content (AvgIpc) is 2.28. The minimum absolute atomic E-state index is 0.0000743. The van der Waals surface area contributed by atoms with Crippen LogP contribution >= 0.6 is 23.5 Å². The molecule has 0 spiro atoms. The first-order chi connectivity index (χ1) is 7.70. The largest absolute Gasteiger partial charge is 0.369 e. The third-order valence-electron chi connectivity index (χ3n) is 2.67. The van der Waals surface area contributed by atoms with Crippen LogP contribution in [-0.2, 0) is 9.53 Å². The number of ether oxygens (including phenoxy) is 1. The van der Waals surface area contributed by atoms with Gasteiger partial charge in [-0.15, -0.1) is 0 Å². The number of β-lactam (4-membered cyclic amide) rings is 1. The highest BCUT2D eigenvalue weighted by Crippen LogP contribution is 2.42. The molecule has 0 bridgehead atoms. The second-order valence-corrected chi connectivity index (χ2v) is 4.64. The number of amides is 1. The fraction of sp³-hybridized carbons (Fsp3) is 0.364. The normalized spacial score (nSPS) is 24.4. The van der Waals surface area contributed by atoms with Crippen LogP contribution in [0.2, 0.25) is 5.02 Å². The van der Waals surface area contributed by atoms with Crippen molar-refractivity contribution in [3.63, 3.8) is 0 Å². The number of benzene rings is 1. The third kappa shape index (κ3) is 1.71. The highest BCUT2D eigenvalue weighted by molar-refractivity contribution is 7.96. The van der Waals surface area contributed by atoms with Crippen molar-refractivity contribution >= 4 is 29.5 Å². The summed E-state index contributed by atoms with van der Waals surface area (Å²) in [6, 6.07) is 7.45. The first kappa shape index (κ1) is 11.8. The smallest absolute Gasteiger partial charge is 0.264 e. The minimum atomic E-state index is -0.410. The van der Waals surface area contributed by atoms with Crippen molar-refractivity contribution in [1.29, 1.82) is 0 Å². The van der Waals surface area contributed by atoms with Gasteiger partial charge in [0.1, 0.15) is 6.04 Å². The maximum Gasteiger partial charge on any atom is 0.264 e. The molecule has 1 amide bonds. The predicted octanol–water partition coefficient (Wildman–Crippen LogP) is 2.52. The van der Waals surface area contributed by atoms with E-state index in [4.69, 9.17) is 16.3 Å². The molecule has 2 atom stereocenters. The molecule has 1 aromatic carbocycles. The van der Waals surface area contributed by atoms with Crippen LogP contribution in [0.4, 0.5) is 0 Å². The zero-order chi connectivity index (χ0) is 11.7. The number of carbonyl (C=O) groups excluding carboxylic acids is 1. The molecule has 2 unspecified atom stereocenters. The molecular weight excluding hydrogens is 246 g/mol. The summed E-state index contributed by atoms with van der Waals surface area (Å²) in [5.74, 6) is -0.0000743. The molecule has 1 fully saturated rings. The first-order valence-corrected chi connectivity index (χ1v) is 6.41. The van der Waals surface area contributed by atoms with E-state index in [0.717, 1.165) is 5.56 Å². The monoisotopic (exact) mass is 257 g/mol. The van der Waals surface area contributed by atoms with E-state index in [1.807, 2.05) is 30.5 Å². The Labute approximate surface area is 104 Å². The maximum absolute atomic E-state index is 11.7. The molecule has 86 valence electrons. The molecule has 1 heterocycles. The Bertz CT molecular complexity index is 399. The zero-order valence-corrected chi connectivity index (χ0v) is 10.6. The van der Waals surface area contributed by atoms with Crippen molar-refractivity contribution in [1.82, 2.24) is 4.31 Å². The molecule has 0 aromatic heterocycles. The van der Waals surface area contributed by atoms with Crippen LogP contribution in [0.25, 0.3) is 0 Å². The Morgan fingerprint density at radius 3 is 2.69 bits per heavy atom. The molecule has 1 aromatic rings. The van der Waals surface area contributed by atoms with Gasteiger partial charge in [-0.2, -0.15) is 0 Å². The average molecular weight is 258 g/mol. The summed E-state index contributed by atoms with van der Waals surface area (Å²) in [6.07, 6.45) is 1.46. The summed E-state index contributed by atoms with van der Waals surface area (Å²) in [7, 11) is 1.55. The van der Waals surface area contributed by atoms with Gasteiger partial charge in [-0.05, 0) is 11.6 Å².